The van der Waals surface area contributed by atoms with Gasteiger partial charge in [-0.05, 0) is 51.3 Å². The van der Waals surface area contributed by atoms with Gasteiger partial charge in [0.05, 0.1) is 11.4 Å². The van der Waals surface area contributed by atoms with Gasteiger partial charge in [-0.3, -0.25) is 4.79 Å². The highest BCUT2D eigenvalue weighted by atomic mass is 16.2. The predicted octanol–water partition coefficient (Wildman–Crippen LogP) is 3.59. The van der Waals surface area contributed by atoms with Gasteiger partial charge in [0.15, 0.2) is 11.3 Å². The summed E-state index contributed by atoms with van der Waals surface area (Å²) in [6, 6.07) is 11.7. The van der Waals surface area contributed by atoms with Crippen molar-refractivity contribution >= 4 is 22.9 Å². The lowest BCUT2D eigenvalue weighted by Gasteiger charge is -2.30. The Morgan fingerprint density at radius 3 is 2.65 bits per heavy atom. The standard InChI is InChI=1S/C20H23N5O/c1-14-12-15(2)25-19(21-14)13-17(23-25)20(26)22-16-8-4-5-9-18(16)24-10-6-3-7-11-24/h4-5,8-9,12-13H,3,6-7,10-11H2,1-2H3,(H,22,26). The first-order chi connectivity index (χ1) is 12.6. The topological polar surface area (TPSA) is 62.5 Å². The zero-order valence-corrected chi connectivity index (χ0v) is 15.2. The number of carbonyl (C=O) groups excluding carboxylic acids is 1. The molecule has 1 amide bonds. The summed E-state index contributed by atoms with van der Waals surface area (Å²) >= 11 is 0. The summed E-state index contributed by atoms with van der Waals surface area (Å²) in [7, 11) is 0. The zero-order chi connectivity index (χ0) is 18.1. The molecule has 0 unspecified atom stereocenters. The lowest BCUT2D eigenvalue weighted by Crippen LogP contribution is -2.30. The Balaban J connectivity index is 1.62. The van der Waals surface area contributed by atoms with Crippen molar-refractivity contribution in [1.29, 1.82) is 0 Å². The molecule has 0 atom stereocenters. The number of hydrogen-bond donors (Lipinski definition) is 1. The van der Waals surface area contributed by atoms with Crippen LogP contribution in [-0.2, 0) is 0 Å². The normalized spacial score (nSPS) is 14.6. The van der Waals surface area contributed by atoms with Crippen LogP contribution in [0.25, 0.3) is 5.65 Å². The van der Waals surface area contributed by atoms with Crippen molar-refractivity contribution in [1.82, 2.24) is 14.6 Å². The summed E-state index contributed by atoms with van der Waals surface area (Å²) in [5, 5.41) is 7.46. The molecule has 0 bridgehead atoms. The van der Waals surface area contributed by atoms with Crippen molar-refractivity contribution < 1.29 is 4.79 Å². The van der Waals surface area contributed by atoms with E-state index in [1.807, 2.05) is 38.1 Å². The molecular formula is C20H23N5O. The first-order valence-electron chi connectivity index (χ1n) is 9.11. The number of nitrogens with zero attached hydrogens (tertiary/aromatic N) is 4. The Bertz CT molecular complexity index is 956. The molecular weight excluding hydrogens is 326 g/mol. The maximum atomic E-state index is 12.8. The Morgan fingerprint density at radius 2 is 1.85 bits per heavy atom. The van der Waals surface area contributed by atoms with E-state index in [0.29, 0.717) is 11.3 Å². The van der Waals surface area contributed by atoms with Crippen LogP contribution >= 0.6 is 0 Å². The molecule has 0 radical (unpaired) electrons. The van der Waals surface area contributed by atoms with E-state index in [2.05, 4.69) is 26.4 Å². The Morgan fingerprint density at radius 1 is 1.08 bits per heavy atom. The maximum absolute atomic E-state index is 12.8. The molecule has 3 heterocycles. The second-order valence-corrected chi connectivity index (χ2v) is 6.86. The van der Waals surface area contributed by atoms with Gasteiger partial charge in [0, 0.05) is 30.5 Å². The fourth-order valence-corrected chi connectivity index (χ4v) is 3.57. The number of fused-ring (bicyclic) bond motifs is 1. The number of hydrogen-bond acceptors (Lipinski definition) is 4. The number of carbonyl (C=O) groups is 1. The number of benzene rings is 1. The Hall–Kier alpha value is -2.89. The zero-order valence-electron chi connectivity index (χ0n) is 15.2. The van der Waals surface area contributed by atoms with Crippen molar-refractivity contribution in [2.75, 3.05) is 23.3 Å². The molecule has 1 aliphatic rings. The summed E-state index contributed by atoms with van der Waals surface area (Å²) in [5.74, 6) is -0.211. The van der Waals surface area contributed by atoms with Gasteiger partial charge < -0.3 is 10.2 Å². The molecule has 1 aromatic carbocycles. The Kier molecular flexibility index (Phi) is 4.32. The van der Waals surface area contributed by atoms with Crippen LogP contribution in [0.2, 0.25) is 0 Å². The maximum Gasteiger partial charge on any atom is 0.276 e. The smallest absolute Gasteiger partial charge is 0.276 e. The van der Waals surface area contributed by atoms with Gasteiger partial charge in [-0.1, -0.05) is 12.1 Å². The molecule has 134 valence electrons. The van der Waals surface area contributed by atoms with Crippen LogP contribution in [0.4, 0.5) is 11.4 Å². The van der Waals surface area contributed by atoms with E-state index in [4.69, 9.17) is 0 Å². The highest BCUT2D eigenvalue weighted by Crippen LogP contribution is 2.28. The quantitative estimate of drug-likeness (QED) is 0.785. The van der Waals surface area contributed by atoms with Crippen molar-refractivity contribution in [3.05, 3.63) is 53.5 Å². The van der Waals surface area contributed by atoms with Crippen LogP contribution < -0.4 is 10.2 Å². The number of para-hydroxylation sites is 2. The molecule has 4 rings (SSSR count). The van der Waals surface area contributed by atoms with Crippen molar-refractivity contribution in [3.8, 4) is 0 Å². The third-order valence-corrected chi connectivity index (χ3v) is 4.81. The van der Waals surface area contributed by atoms with Crippen LogP contribution in [-0.4, -0.2) is 33.6 Å². The lowest BCUT2D eigenvalue weighted by molar-refractivity contribution is 0.102. The highest BCUT2D eigenvalue weighted by molar-refractivity contribution is 6.05. The summed E-state index contributed by atoms with van der Waals surface area (Å²) in [4.78, 5) is 19.6. The molecule has 0 spiro atoms. The second-order valence-electron chi connectivity index (χ2n) is 6.86. The molecule has 2 aromatic heterocycles. The first-order valence-corrected chi connectivity index (χ1v) is 9.11. The highest BCUT2D eigenvalue weighted by Gasteiger charge is 2.18. The van der Waals surface area contributed by atoms with Gasteiger partial charge in [0.25, 0.3) is 5.91 Å². The van der Waals surface area contributed by atoms with Gasteiger partial charge in [-0.2, -0.15) is 5.10 Å². The fraction of sp³-hybridized carbons (Fsp3) is 0.350. The first kappa shape index (κ1) is 16.6. The average molecular weight is 349 g/mol. The molecule has 0 aliphatic carbocycles. The molecule has 6 nitrogen and oxygen atoms in total. The van der Waals surface area contributed by atoms with Crippen LogP contribution in [0.3, 0.4) is 0 Å². The van der Waals surface area contributed by atoms with Gasteiger partial charge in [0.1, 0.15) is 0 Å². The molecule has 26 heavy (non-hydrogen) atoms. The monoisotopic (exact) mass is 349 g/mol. The minimum absolute atomic E-state index is 0.211. The minimum Gasteiger partial charge on any atom is -0.370 e. The van der Waals surface area contributed by atoms with Gasteiger partial charge in [-0.15, -0.1) is 0 Å². The molecule has 6 heteroatoms. The van der Waals surface area contributed by atoms with Gasteiger partial charge in [0.2, 0.25) is 0 Å². The van der Waals surface area contributed by atoms with E-state index in [9.17, 15) is 4.79 Å². The van der Waals surface area contributed by atoms with Crippen molar-refractivity contribution in [2.24, 2.45) is 0 Å². The minimum atomic E-state index is -0.211. The average Bonchev–Trinajstić information content (AvgIpc) is 3.07. The Labute approximate surface area is 152 Å². The van der Waals surface area contributed by atoms with Crippen LogP contribution in [0, 0.1) is 13.8 Å². The number of piperidine rings is 1. The van der Waals surface area contributed by atoms with Crippen LogP contribution in [0.15, 0.2) is 36.4 Å². The second kappa shape index (κ2) is 6.78. The number of anilines is 2. The number of aromatic nitrogens is 3. The molecule has 0 saturated carbocycles. The summed E-state index contributed by atoms with van der Waals surface area (Å²) in [6.45, 7) is 5.96. The van der Waals surface area contributed by atoms with Crippen molar-refractivity contribution in [3.63, 3.8) is 0 Å². The van der Waals surface area contributed by atoms with Gasteiger partial charge in [-0.25, -0.2) is 9.50 Å². The molecule has 3 aromatic rings. The largest absolute Gasteiger partial charge is 0.370 e. The van der Waals surface area contributed by atoms with E-state index in [1.54, 1.807) is 10.6 Å². The van der Waals surface area contributed by atoms with Crippen LogP contribution in [0.5, 0.6) is 0 Å². The summed E-state index contributed by atoms with van der Waals surface area (Å²) in [6.07, 6.45) is 3.66. The van der Waals surface area contributed by atoms with Crippen molar-refractivity contribution in [2.45, 2.75) is 33.1 Å². The number of nitrogens with one attached hydrogen (secondary N) is 1. The van der Waals surface area contributed by atoms with E-state index in [-0.39, 0.29) is 5.91 Å². The van der Waals surface area contributed by atoms with E-state index < -0.39 is 0 Å². The number of aryl methyl sites for hydroxylation is 2. The van der Waals surface area contributed by atoms with Crippen LogP contribution in [0.1, 0.15) is 41.1 Å². The van der Waals surface area contributed by atoms with E-state index >= 15 is 0 Å². The SMILES string of the molecule is Cc1cc(C)n2nc(C(=O)Nc3ccccc3N3CCCCC3)cc2n1. The summed E-state index contributed by atoms with van der Waals surface area (Å²) in [5.41, 5.74) is 4.85. The number of rotatable bonds is 3. The third kappa shape index (κ3) is 3.14. The lowest BCUT2D eigenvalue weighted by atomic mass is 10.1. The fourth-order valence-electron chi connectivity index (χ4n) is 3.57. The third-order valence-electron chi connectivity index (χ3n) is 4.81. The predicted molar refractivity (Wildman–Crippen MR) is 103 cm³/mol. The van der Waals surface area contributed by atoms with Gasteiger partial charge >= 0.3 is 0 Å². The molecule has 1 N–H and O–H groups in total. The molecule has 1 fully saturated rings. The van der Waals surface area contributed by atoms with E-state index in [0.717, 1.165) is 35.9 Å². The number of amides is 1. The molecule has 1 saturated heterocycles. The summed E-state index contributed by atoms with van der Waals surface area (Å²) < 4.78 is 1.71. The molecule has 1 aliphatic heterocycles. The van der Waals surface area contributed by atoms with E-state index in [1.165, 1.54) is 19.3 Å².